The molecule has 1 aliphatic rings. The van der Waals surface area contributed by atoms with Crippen LogP contribution in [0.3, 0.4) is 0 Å². The lowest BCUT2D eigenvalue weighted by Crippen LogP contribution is -2.44. The second-order valence-corrected chi connectivity index (χ2v) is 3.88. The molecule has 80 valence electrons. The predicted octanol–water partition coefficient (Wildman–Crippen LogP) is 1.50. The van der Waals surface area contributed by atoms with Crippen LogP contribution in [0.5, 0.6) is 0 Å². The minimum absolute atomic E-state index is 0.117. The molecule has 5 heteroatoms. The van der Waals surface area contributed by atoms with E-state index < -0.39 is 4.92 Å². The summed E-state index contributed by atoms with van der Waals surface area (Å²) in [6.45, 7) is 0. The van der Waals surface area contributed by atoms with Crippen molar-refractivity contribution < 1.29 is 4.92 Å². The van der Waals surface area contributed by atoms with E-state index in [1.807, 2.05) is 0 Å². The van der Waals surface area contributed by atoms with Crippen LogP contribution >= 0.6 is 0 Å². The molecule has 3 N–H and O–H groups in total. The molecule has 0 radical (unpaired) electrons. The van der Waals surface area contributed by atoms with Crippen LogP contribution in [0.2, 0.25) is 0 Å². The van der Waals surface area contributed by atoms with Crippen molar-refractivity contribution in [1.29, 1.82) is 0 Å². The van der Waals surface area contributed by atoms with Crippen molar-refractivity contribution in [3.63, 3.8) is 0 Å². The Balaban J connectivity index is 1.95. The Kier molecular flexibility index (Phi) is 2.55. The Morgan fingerprint density at radius 3 is 2.40 bits per heavy atom. The number of benzene rings is 1. The van der Waals surface area contributed by atoms with Gasteiger partial charge in [-0.3, -0.25) is 10.1 Å². The third-order valence-corrected chi connectivity index (χ3v) is 2.62. The Morgan fingerprint density at radius 2 is 1.93 bits per heavy atom. The van der Waals surface area contributed by atoms with Crippen molar-refractivity contribution in [2.75, 3.05) is 5.32 Å². The van der Waals surface area contributed by atoms with Gasteiger partial charge < -0.3 is 11.1 Å². The van der Waals surface area contributed by atoms with Crippen LogP contribution in [0.25, 0.3) is 0 Å². The molecule has 0 aliphatic heterocycles. The van der Waals surface area contributed by atoms with Crippen molar-refractivity contribution in [3.05, 3.63) is 34.4 Å². The molecule has 0 spiro atoms. The molecule has 5 nitrogen and oxygen atoms in total. The molecule has 15 heavy (non-hydrogen) atoms. The van der Waals surface area contributed by atoms with Gasteiger partial charge in [-0.15, -0.1) is 0 Å². The number of nitrogens with zero attached hydrogens (tertiary/aromatic N) is 1. The number of hydrogen-bond acceptors (Lipinski definition) is 4. The molecule has 1 saturated carbocycles. The molecule has 1 aromatic carbocycles. The standard InChI is InChI=1S/C10H13N3O2/c11-7-5-9(6-7)12-8-1-3-10(4-2-8)13(14)15/h1-4,7,9,12H,5-6,11H2. The van der Waals surface area contributed by atoms with E-state index in [2.05, 4.69) is 5.32 Å². The quantitative estimate of drug-likeness (QED) is 0.581. The fourth-order valence-electron chi connectivity index (χ4n) is 1.69. The van der Waals surface area contributed by atoms with Gasteiger partial charge in [-0.05, 0) is 25.0 Å². The number of nitro groups is 1. The van der Waals surface area contributed by atoms with Crippen LogP contribution < -0.4 is 11.1 Å². The van der Waals surface area contributed by atoms with E-state index in [1.54, 1.807) is 12.1 Å². The Morgan fingerprint density at radius 1 is 1.33 bits per heavy atom. The minimum Gasteiger partial charge on any atom is -0.382 e. The third kappa shape index (κ3) is 2.24. The Hall–Kier alpha value is -1.62. The van der Waals surface area contributed by atoms with Gasteiger partial charge in [0.1, 0.15) is 0 Å². The number of rotatable bonds is 3. The Bertz CT molecular complexity index is 357. The topological polar surface area (TPSA) is 81.2 Å². The first kappa shape index (κ1) is 9.92. The first-order chi connectivity index (χ1) is 7.15. The van der Waals surface area contributed by atoms with E-state index in [-0.39, 0.29) is 5.69 Å². The van der Waals surface area contributed by atoms with Crippen LogP contribution in [0, 0.1) is 10.1 Å². The number of hydrogen-bond donors (Lipinski definition) is 2. The molecule has 0 heterocycles. The zero-order valence-electron chi connectivity index (χ0n) is 8.22. The average Bonchev–Trinajstić information content (AvgIpc) is 2.16. The summed E-state index contributed by atoms with van der Waals surface area (Å²) in [6, 6.07) is 7.17. The fourth-order valence-corrected chi connectivity index (χ4v) is 1.69. The van der Waals surface area contributed by atoms with Gasteiger partial charge in [-0.25, -0.2) is 0 Å². The Labute approximate surface area is 87.4 Å². The first-order valence-corrected chi connectivity index (χ1v) is 4.92. The summed E-state index contributed by atoms with van der Waals surface area (Å²) in [6.07, 6.45) is 1.94. The lowest BCUT2D eigenvalue weighted by Gasteiger charge is -2.33. The van der Waals surface area contributed by atoms with Crippen molar-refractivity contribution in [2.45, 2.75) is 24.9 Å². The molecule has 0 unspecified atom stereocenters. The van der Waals surface area contributed by atoms with Crippen molar-refractivity contribution in [3.8, 4) is 0 Å². The highest BCUT2D eigenvalue weighted by Crippen LogP contribution is 2.23. The second-order valence-electron chi connectivity index (χ2n) is 3.88. The summed E-state index contributed by atoms with van der Waals surface area (Å²) in [5.74, 6) is 0. The summed E-state index contributed by atoms with van der Waals surface area (Å²) in [4.78, 5) is 10.0. The highest BCUT2D eigenvalue weighted by molar-refractivity contribution is 5.49. The fraction of sp³-hybridized carbons (Fsp3) is 0.400. The smallest absolute Gasteiger partial charge is 0.269 e. The van der Waals surface area contributed by atoms with Crippen molar-refractivity contribution >= 4 is 11.4 Å². The van der Waals surface area contributed by atoms with Gasteiger partial charge in [-0.1, -0.05) is 0 Å². The van der Waals surface area contributed by atoms with Crippen molar-refractivity contribution in [2.24, 2.45) is 5.73 Å². The third-order valence-electron chi connectivity index (χ3n) is 2.62. The van der Waals surface area contributed by atoms with E-state index in [0.717, 1.165) is 18.5 Å². The van der Waals surface area contributed by atoms with E-state index in [9.17, 15) is 10.1 Å². The molecule has 0 amide bonds. The molecule has 1 aromatic rings. The van der Waals surface area contributed by atoms with Crippen LogP contribution in [-0.2, 0) is 0 Å². The van der Waals surface area contributed by atoms with Crippen LogP contribution in [0.15, 0.2) is 24.3 Å². The summed E-state index contributed by atoms with van der Waals surface area (Å²) in [5, 5.41) is 13.7. The van der Waals surface area contributed by atoms with Gasteiger partial charge in [0, 0.05) is 29.9 Å². The molecular formula is C10H13N3O2. The molecule has 0 atom stereocenters. The summed E-state index contributed by atoms with van der Waals surface area (Å²) in [5.41, 5.74) is 6.69. The molecule has 0 bridgehead atoms. The summed E-state index contributed by atoms with van der Waals surface area (Å²) in [7, 11) is 0. The number of non-ortho nitro benzene ring substituents is 1. The molecule has 0 aromatic heterocycles. The monoisotopic (exact) mass is 207 g/mol. The highest BCUT2D eigenvalue weighted by atomic mass is 16.6. The van der Waals surface area contributed by atoms with Gasteiger partial charge in [0.05, 0.1) is 4.92 Å². The lowest BCUT2D eigenvalue weighted by atomic mass is 9.87. The van der Waals surface area contributed by atoms with Gasteiger partial charge in [-0.2, -0.15) is 0 Å². The molecule has 2 rings (SSSR count). The maximum atomic E-state index is 10.4. The average molecular weight is 207 g/mol. The first-order valence-electron chi connectivity index (χ1n) is 4.92. The zero-order chi connectivity index (χ0) is 10.8. The maximum absolute atomic E-state index is 10.4. The largest absolute Gasteiger partial charge is 0.382 e. The molecule has 1 aliphatic carbocycles. The second kappa shape index (κ2) is 3.86. The highest BCUT2D eigenvalue weighted by Gasteiger charge is 2.25. The number of nitro benzene ring substituents is 1. The van der Waals surface area contributed by atoms with Crippen molar-refractivity contribution in [1.82, 2.24) is 0 Å². The number of nitrogens with two attached hydrogens (primary N) is 1. The van der Waals surface area contributed by atoms with Crippen LogP contribution in [-0.4, -0.2) is 17.0 Å². The molecular weight excluding hydrogens is 194 g/mol. The lowest BCUT2D eigenvalue weighted by molar-refractivity contribution is -0.384. The number of nitrogens with one attached hydrogen (secondary N) is 1. The minimum atomic E-state index is -0.400. The predicted molar refractivity (Wildman–Crippen MR) is 57.7 cm³/mol. The summed E-state index contributed by atoms with van der Waals surface area (Å²) < 4.78 is 0. The van der Waals surface area contributed by atoms with Gasteiger partial charge in [0.25, 0.3) is 5.69 Å². The van der Waals surface area contributed by atoms with Gasteiger partial charge in [0.2, 0.25) is 0 Å². The number of anilines is 1. The van der Waals surface area contributed by atoms with Gasteiger partial charge in [0.15, 0.2) is 0 Å². The van der Waals surface area contributed by atoms with E-state index in [1.165, 1.54) is 12.1 Å². The molecule has 1 fully saturated rings. The van der Waals surface area contributed by atoms with Crippen LogP contribution in [0.1, 0.15) is 12.8 Å². The molecule has 0 saturated heterocycles. The normalized spacial score (nSPS) is 24.3. The zero-order valence-corrected chi connectivity index (χ0v) is 8.22. The SMILES string of the molecule is NC1CC(Nc2ccc([N+](=O)[O-])cc2)C1. The van der Waals surface area contributed by atoms with E-state index in [0.29, 0.717) is 12.1 Å². The van der Waals surface area contributed by atoms with E-state index in [4.69, 9.17) is 5.73 Å². The maximum Gasteiger partial charge on any atom is 0.269 e. The van der Waals surface area contributed by atoms with Crippen LogP contribution in [0.4, 0.5) is 11.4 Å². The van der Waals surface area contributed by atoms with E-state index >= 15 is 0 Å². The summed E-state index contributed by atoms with van der Waals surface area (Å²) >= 11 is 0. The van der Waals surface area contributed by atoms with Gasteiger partial charge >= 0.3 is 0 Å².